The fourth-order valence-electron chi connectivity index (χ4n) is 3.34. The minimum atomic E-state index is 0.0350. The second-order valence-electron chi connectivity index (χ2n) is 6.29. The molecule has 4 heteroatoms. The predicted molar refractivity (Wildman–Crippen MR) is 87.2 cm³/mol. The maximum Gasteiger partial charge on any atom is 0.268 e. The first kappa shape index (κ1) is 14.5. The molecule has 0 atom stereocenters. The van der Waals surface area contributed by atoms with Gasteiger partial charge in [-0.15, -0.1) is 0 Å². The van der Waals surface area contributed by atoms with Crippen molar-refractivity contribution < 1.29 is 4.79 Å². The van der Waals surface area contributed by atoms with Gasteiger partial charge in [0.2, 0.25) is 0 Å². The molecule has 3 rings (SSSR count). The van der Waals surface area contributed by atoms with E-state index < -0.39 is 0 Å². The second kappa shape index (κ2) is 5.38. The first-order chi connectivity index (χ1) is 9.99. The summed E-state index contributed by atoms with van der Waals surface area (Å²) in [6.45, 7) is 8.06. The SMILES string of the molecule is Cc1c2n(c3c(CC(C)C)cc(Cl)cc13)CCCNC2=O. The molecule has 0 unspecified atom stereocenters. The zero-order valence-electron chi connectivity index (χ0n) is 12.8. The molecule has 21 heavy (non-hydrogen) atoms. The summed E-state index contributed by atoms with van der Waals surface area (Å²) in [5, 5.41) is 4.85. The van der Waals surface area contributed by atoms with Gasteiger partial charge in [0.1, 0.15) is 5.69 Å². The number of nitrogens with one attached hydrogen (secondary N) is 1. The van der Waals surface area contributed by atoms with E-state index in [4.69, 9.17) is 11.6 Å². The smallest absolute Gasteiger partial charge is 0.268 e. The van der Waals surface area contributed by atoms with Gasteiger partial charge in [-0.05, 0) is 48.9 Å². The quantitative estimate of drug-likeness (QED) is 0.896. The number of aromatic nitrogens is 1. The number of carbonyl (C=O) groups is 1. The molecule has 0 bridgehead atoms. The van der Waals surface area contributed by atoms with Crippen LogP contribution in [0.25, 0.3) is 10.9 Å². The van der Waals surface area contributed by atoms with E-state index in [9.17, 15) is 4.79 Å². The fraction of sp³-hybridized carbons (Fsp3) is 0.471. The van der Waals surface area contributed by atoms with Gasteiger partial charge in [-0.3, -0.25) is 4.79 Å². The summed E-state index contributed by atoms with van der Waals surface area (Å²) < 4.78 is 2.20. The summed E-state index contributed by atoms with van der Waals surface area (Å²) >= 11 is 6.30. The van der Waals surface area contributed by atoms with Crippen molar-refractivity contribution in [1.29, 1.82) is 0 Å². The Morgan fingerprint density at radius 1 is 1.38 bits per heavy atom. The second-order valence-corrected chi connectivity index (χ2v) is 6.73. The van der Waals surface area contributed by atoms with E-state index in [0.717, 1.165) is 47.6 Å². The molecule has 0 radical (unpaired) electrons. The van der Waals surface area contributed by atoms with Crippen LogP contribution in [0.5, 0.6) is 0 Å². The Bertz CT molecular complexity index is 715. The molecule has 0 aliphatic carbocycles. The molecule has 2 aromatic rings. The van der Waals surface area contributed by atoms with Crippen molar-refractivity contribution in [2.45, 2.75) is 40.2 Å². The Balaban J connectivity index is 2.34. The van der Waals surface area contributed by atoms with Crippen molar-refractivity contribution in [2.24, 2.45) is 5.92 Å². The molecular formula is C17H21ClN2O. The molecule has 0 fully saturated rings. The fourth-order valence-corrected chi connectivity index (χ4v) is 3.58. The molecule has 1 aromatic carbocycles. The highest BCUT2D eigenvalue weighted by Crippen LogP contribution is 2.33. The molecule has 0 spiro atoms. The lowest BCUT2D eigenvalue weighted by Crippen LogP contribution is -2.23. The Kier molecular flexibility index (Phi) is 3.70. The van der Waals surface area contributed by atoms with Crippen molar-refractivity contribution in [3.63, 3.8) is 0 Å². The standard InChI is InChI=1S/C17H21ClN2O/c1-10(2)7-12-8-13(18)9-14-11(3)15-17(21)19-5-4-6-20(15)16(12)14/h8-10H,4-7H2,1-3H3,(H,19,21). The van der Waals surface area contributed by atoms with Gasteiger partial charge in [-0.1, -0.05) is 25.4 Å². The largest absolute Gasteiger partial charge is 0.351 e. The first-order valence-corrected chi connectivity index (χ1v) is 7.96. The van der Waals surface area contributed by atoms with Crippen molar-refractivity contribution in [3.8, 4) is 0 Å². The van der Waals surface area contributed by atoms with Crippen LogP contribution in [0.2, 0.25) is 5.02 Å². The van der Waals surface area contributed by atoms with Gasteiger partial charge in [-0.2, -0.15) is 0 Å². The van der Waals surface area contributed by atoms with E-state index in [2.05, 4.69) is 29.8 Å². The zero-order chi connectivity index (χ0) is 15.1. The Morgan fingerprint density at radius 3 is 2.86 bits per heavy atom. The lowest BCUT2D eigenvalue weighted by molar-refractivity contribution is 0.0951. The van der Waals surface area contributed by atoms with Crippen molar-refractivity contribution in [1.82, 2.24) is 9.88 Å². The molecule has 112 valence electrons. The van der Waals surface area contributed by atoms with Crippen LogP contribution in [0.1, 0.15) is 41.9 Å². The number of carbonyl (C=O) groups excluding carboxylic acids is 1. The molecular weight excluding hydrogens is 284 g/mol. The number of hydrogen-bond acceptors (Lipinski definition) is 1. The van der Waals surface area contributed by atoms with Gasteiger partial charge in [-0.25, -0.2) is 0 Å². The molecule has 1 amide bonds. The van der Waals surface area contributed by atoms with Crippen LogP contribution < -0.4 is 5.32 Å². The Morgan fingerprint density at radius 2 is 2.14 bits per heavy atom. The monoisotopic (exact) mass is 304 g/mol. The van der Waals surface area contributed by atoms with Gasteiger partial charge in [0.25, 0.3) is 5.91 Å². The third kappa shape index (κ3) is 2.44. The molecule has 2 heterocycles. The molecule has 1 N–H and O–H groups in total. The molecule has 0 saturated heterocycles. The summed E-state index contributed by atoms with van der Waals surface area (Å²) in [5.41, 5.74) is 4.28. The van der Waals surface area contributed by atoms with Crippen molar-refractivity contribution in [2.75, 3.05) is 6.54 Å². The maximum atomic E-state index is 12.3. The lowest BCUT2D eigenvalue weighted by atomic mass is 10.00. The zero-order valence-corrected chi connectivity index (χ0v) is 13.5. The minimum Gasteiger partial charge on any atom is -0.351 e. The summed E-state index contributed by atoms with van der Waals surface area (Å²) in [4.78, 5) is 12.3. The molecule has 1 aliphatic heterocycles. The van der Waals surface area contributed by atoms with Crippen LogP contribution in [-0.2, 0) is 13.0 Å². The van der Waals surface area contributed by atoms with Crippen molar-refractivity contribution >= 4 is 28.4 Å². The summed E-state index contributed by atoms with van der Waals surface area (Å²) in [7, 11) is 0. The van der Waals surface area contributed by atoms with Gasteiger partial charge in [0, 0.05) is 23.5 Å². The number of nitrogens with zero attached hydrogens (tertiary/aromatic N) is 1. The summed E-state index contributed by atoms with van der Waals surface area (Å²) in [6.07, 6.45) is 1.94. The molecule has 1 aliphatic rings. The highest BCUT2D eigenvalue weighted by molar-refractivity contribution is 6.31. The highest BCUT2D eigenvalue weighted by Gasteiger charge is 2.24. The van der Waals surface area contributed by atoms with Gasteiger partial charge in [0.15, 0.2) is 0 Å². The maximum absolute atomic E-state index is 12.3. The van der Waals surface area contributed by atoms with E-state index in [1.807, 2.05) is 13.0 Å². The number of halogens is 1. The van der Waals surface area contributed by atoms with Crippen LogP contribution in [0.15, 0.2) is 12.1 Å². The average molecular weight is 305 g/mol. The van der Waals surface area contributed by atoms with E-state index in [1.54, 1.807) is 0 Å². The Hall–Kier alpha value is -1.48. The summed E-state index contributed by atoms with van der Waals surface area (Å²) in [6, 6.07) is 4.05. The molecule has 1 aromatic heterocycles. The third-order valence-electron chi connectivity index (χ3n) is 4.14. The van der Waals surface area contributed by atoms with E-state index in [-0.39, 0.29) is 5.91 Å². The van der Waals surface area contributed by atoms with Crippen molar-refractivity contribution in [3.05, 3.63) is 34.0 Å². The number of benzene rings is 1. The van der Waals surface area contributed by atoms with Crippen LogP contribution in [-0.4, -0.2) is 17.0 Å². The van der Waals surface area contributed by atoms with Gasteiger partial charge in [0.05, 0.1) is 5.52 Å². The number of amides is 1. The average Bonchev–Trinajstić information content (AvgIpc) is 2.54. The number of hydrogen-bond donors (Lipinski definition) is 1. The van der Waals surface area contributed by atoms with Crippen LogP contribution >= 0.6 is 11.6 Å². The van der Waals surface area contributed by atoms with E-state index in [1.165, 1.54) is 11.1 Å². The van der Waals surface area contributed by atoms with E-state index in [0.29, 0.717) is 5.92 Å². The first-order valence-electron chi connectivity index (χ1n) is 7.58. The van der Waals surface area contributed by atoms with Gasteiger partial charge < -0.3 is 9.88 Å². The third-order valence-corrected chi connectivity index (χ3v) is 4.36. The number of aryl methyl sites for hydroxylation is 2. The number of rotatable bonds is 2. The molecule has 0 saturated carbocycles. The lowest BCUT2D eigenvalue weighted by Gasteiger charge is -2.12. The van der Waals surface area contributed by atoms with Crippen LogP contribution in [0, 0.1) is 12.8 Å². The van der Waals surface area contributed by atoms with E-state index >= 15 is 0 Å². The highest BCUT2D eigenvalue weighted by atomic mass is 35.5. The normalized spacial score (nSPS) is 15.2. The Labute approximate surface area is 130 Å². The van der Waals surface area contributed by atoms with Crippen LogP contribution in [0.4, 0.5) is 0 Å². The summed E-state index contributed by atoms with van der Waals surface area (Å²) in [5.74, 6) is 0.588. The topological polar surface area (TPSA) is 34.0 Å². The van der Waals surface area contributed by atoms with Crippen LogP contribution in [0.3, 0.4) is 0 Å². The minimum absolute atomic E-state index is 0.0350. The predicted octanol–water partition coefficient (Wildman–Crippen LogP) is 3.94. The van der Waals surface area contributed by atoms with Gasteiger partial charge >= 0.3 is 0 Å². The molecule has 3 nitrogen and oxygen atoms in total. The number of fused-ring (bicyclic) bond motifs is 3.